The van der Waals surface area contributed by atoms with Crippen molar-refractivity contribution in [1.82, 2.24) is 24.8 Å². The molecule has 0 saturated heterocycles. The SMILES string of the molecule is CCc1[nH]n2c(=O)cc(-c3ccn[nH]3)nc2c1-c1ccc(OC)c(OC)c1. The second-order valence-electron chi connectivity index (χ2n) is 6.00. The van der Waals surface area contributed by atoms with Crippen LogP contribution >= 0.6 is 0 Å². The van der Waals surface area contributed by atoms with Crippen LogP contribution in [0.25, 0.3) is 28.2 Å². The number of nitrogens with zero attached hydrogens (tertiary/aromatic N) is 3. The zero-order valence-corrected chi connectivity index (χ0v) is 15.2. The van der Waals surface area contributed by atoms with E-state index in [0.29, 0.717) is 35.0 Å². The summed E-state index contributed by atoms with van der Waals surface area (Å²) in [6, 6.07) is 8.92. The molecular weight excluding hydrogens is 346 g/mol. The van der Waals surface area contributed by atoms with Crippen LogP contribution < -0.4 is 15.0 Å². The van der Waals surface area contributed by atoms with Crippen LogP contribution in [0.3, 0.4) is 0 Å². The first-order chi connectivity index (χ1) is 13.2. The van der Waals surface area contributed by atoms with Gasteiger partial charge < -0.3 is 9.47 Å². The molecule has 0 radical (unpaired) electrons. The molecule has 8 heteroatoms. The molecule has 8 nitrogen and oxygen atoms in total. The largest absolute Gasteiger partial charge is 0.493 e. The van der Waals surface area contributed by atoms with E-state index in [0.717, 1.165) is 16.8 Å². The van der Waals surface area contributed by atoms with E-state index in [1.54, 1.807) is 26.5 Å². The van der Waals surface area contributed by atoms with Crippen LogP contribution in [0.4, 0.5) is 0 Å². The number of hydrogen-bond donors (Lipinski definition) is 2. The number of ether oxygens (including phenoxy) is 2. The van der Waals surface area contributed by atoms with Crippen molar-refractivity contribution in [1.29, 1.82) is 0 Å². The minimum absolute atomic E-state index is 0.189. The zero-order chi connectivity index (χ0) is 19.0. The molecule has 2 N–H and O–H groups in total. The van der Waals surface area contributed by atoms with Crippen molar-refractivity contribution in [2.24, 2.45) is 0 Å². The summed E-state index contributed by atoms with van der Waals surface area (Å²) in [5, 5.41) is 9.95. The lowest BCUT2D eigenvalue weighted by Gasteiger charge is -2.10. The van der Waals surface area contributed by atoms with Crippen molar-refractivity contribution in [3.05, 3.63) is 52.6 Å². The molecule has 0 saturated carbocycles. The first kappa shape index (κ1) is 16.9. The second-order valence-corrected chi connectivity index (χ2v) is 6.00. The third kappa shape index (κ3) is 2.75. The van der Waals surface area contributed by atoms with E-state index in [-0.39, 0.29) is 5.56 Å². The Bertz CT molecular complexity index is 1160. The standard InChI is InChI=1S/C19H19N5O3/c1-4-12-18(11-5-6-15(26-2)16(9-11)27-3)19-21-14(13-7-8-20-22-13)10-17(25)24(19)23-12/h5-10,23H,4H2,1-3H3,(H,20,22). The highest BCUT2D eigenvalue weighted by molar-refractivity contribution is 5.82. The van der Waals surface area contributed by atoms with Crippen LogP contribution in [0.15, 0.2) is 41.3 Å². The number of rotatable bonds is 5. The van der Waals surface area contributed by atoms with Gasteiger partial charge in [-0.1, -0.05) is 13.0 Å². The molecule has 0 aliphatic carbocycles. The topological polar surface area (TPSA) is 97.3 Å². The third-order valence-electron chi connectivity index (χ3n) is 4.49. The predicted octanol–water partition coefficient (Wildman–Crippen LogP) is 2.66. The molecule has 0 bridgehead atoms. The molecule has 4 rings (SSSR count). The molecule has 0 spiro atoms. The second kappa shape index (κ2) is 6.64. The van der Waals surface area contributed by atoms with Gasteiger partial charge in [0, 0.05) is 23.5 Å². The van der Waals surface area contributed by atoms with Crippen molar-refractivity contribution >= 4 is 5.65 Å². The fraction of sp³-hybridized carbons (Fsp3) is 0.211. The first-order valence-corrected chi connectivity index (χ1v) is 8.53. The number of aromatic amines is 2. The normalized spacial score (nSPS) is 11.1. The molecule has 1 aromatic carbocycles. The van der Waals surface area contributed by atoms with Gasteiger partial charge in [-0.05, 0) is 30.2 Å². The Morgan fingerprint density at radius 1 is 1.11 bits per heavy atom. The Morgan fingerprint density at radius 2 is 1.93 bits per heavy atom. The Hall–Kier alpha value is -3.55. The molecule has 3 heterocycles. The number of benzene rings is 1. The van der Waals surface area contributed by atoms with Crippen LogP contribution in [0, 0.1) is 0 Å². The lowest BCUT2D eigenvalue weighted by molar-refractivity contribution is 0.355. The predicted molar refractivity (Wildman–Crippen MR) is 101 cm³/mol. The Kier molecular flexibility index (Phi) is 4.15. The Morgan fingerprint density at radius 3 is 2.59 bits per heavy atom. The van der Waals surface area contributed by atoms with Crippen LogP contribution in [-0.2, 0) is 6.42 Å². The van der Waals surface area contributed by atoms with Gasteiger partial charge in [-0.25, -0.2) is 9.50 Å². The fourth-order valence-corrected chi connectivity index (χ4v) is 3.17. The van der Waals surface area contributed by atoms with Gasteiger partial charge in [0.2, 0.25) is 0 Å². The average molecular weight is 365 g/mol. The fourth-order valence-electron chi connectivity index (χ4n) is 3.17. The average Bonchev–Trinajstić information content (AvgIpc) is 3.35. The van der Waals surface area contributed by atoms with Crippen LogP contribution in [0.1, 0.15) is 12.6 Å². The summed E-state index contributed by atoms with van der Waals surface area (Å²) in [5.41, 5.74) is 4.25. The van der Waals surface area contributed by atoms with Gasteiger partial charge in [-0.2, -0.15) is 5.10 Å². The summed E-state index contributed by atoms with van der Waals surface area (Å²) in [4.78, 5) is 17.4. The highest BCUT2D eigenvalue weighted by atomic mass is 16.5. The quantitative estimate of drug-likeness (QED) is 0.567. The van der Waals surface area contributed by atoms with E-state index in [4.69, 9.17) is 14.5 Å². The number of nitrogens with one attached hydrogen (secondary N) is 2. The van der Waals surface area contributed by atoms with Crippen LogP contribution in [0.5, 0.6) is 11.5 Å². The van der Waals surface area contributed by atoms with Gasteiger partial charge in [0.15, 0.2) is 17.1 Å². The molecule has 0 amide bonds. The molecule has 3 aromatic heterocycles. The number of fused-ring (bicyclic) bond motifs is 1. The van der Waals surface area contributed by atoms with Gasteiger partial charge in [0.25, 0.3) is 5.56 Å². The molecule has 4 aromatic rings. The first-order valence-electron chi connectivity index (χ1n) is 8.53. The molecule has 0 fully saturated rings. The van der Waals surface area contributed by atoms with Crippen molar-refractivity contribution in [2.75, 3.05) is 14.2 Å². The smallest absolute Gasteiger partial charge is 0.273 e. The van der Waals surface area contributed by atoms with Crippen molar-refractivity contribution in [2.45, 2.75) is 13.3 Å². The van der Waals surface area contributed by atoms with Gasteiger partial charge in [0.1, 0.15) is 0 Å². The van der Waals surface area contributed by atoms with Gasteiger partial charge in [-0.15, -0.1) is 0 Å². The molecule has 0 unspecified atom stereocenters. The highest BCUT2D eigenvalue weighted by Gasteiger charge is 2.18. The van der Waals surface area contributed by atoms with Crippen LogP contribution in [0.2, 0.25) is 0 Å². The van der Waals surface area contributed by atoms with Gasteiger partial charge in [-0.3, -0.25) is 15.0 Å². The summed E-state index contributed by atoms with van der Waals surface area (Å²) < 4.78 is 12.2. The van der Waals surface area contributed by atoms with Crippen LogP contribution in [-0.4, -0.2) is 39.0 Å². The van der Waals surface area contributed by atoms with Crippen molar-refractivity contribution in [3.63, 3.8) is 0 Å². The molecule has 138 valence electrons. The maximum absolute atomic E-state index is 12.6. The maximum atomic E-state index is 12.6. The highest BCUT2D eigenvalue weighted by Crippen LogP contribution is 2.35. The Balaban J connectivity index is 2.00. The Labute approximate surface area is 154 Å². The van der Waals surface area contributed by atoms with Crippen molar-refractivity contribution in [3.8, 4) is 34.0 Å². The van der Waals surface area contributed by atoms with Crippen molar-refractivity contribution < 1.29 is 9.47 Å². The van der Waals surface area contributed by atoms with E-state index in [1.165, 1.54) is 10.6 Å². The van der Waals surface area contributed by atoms with E-state index in [1.807, 2.05) is 25.1 Å². The number of hydrogen-bond acceptors (Lipinski definition) is 5. The summed E-state index contributed by atoms with van der Waals surface area (Å²) in [6.07, 6.45) is 2.34. The molecule has 0 atom stereocenters. The lowest BCUT2D eigenvalue weighted by atomic mass is 10.0. The van der Waals surface area contributed by atoms with E-state index >= 15 is 0 Å². The van der Waals surface area contributed by atoms with E-state index < -0.39 is 0 Å². The molecular formula is C19H19N5O3. The van der Waals surface area contributed by atoms with Gasteiger partial charge in [0.05, 0.1) is 25.6 Å². The zero-order valence-electron chi connectivity index (χ0n) is 15.2. The van der Waals surface area contributed by atoms with E-state index in [2.05, 4.69) is 15.3 Å². The third-order valence-corrected chi connectivity index (χ3v) is 4.49. The number of H-pyrrole nitrogens is 2. The number of methoxy groups -OCH3 is 2. The van der Waals surface area contributed by atoms with Gasteiger partial charge >= 0.3 is 0 Å². The lowest BCUT2D eigenvalue weighted by Crippen LogP contribution is -2.14. The summed E-state index contributed by atoms with van der Waals surface area (Å²) >= 11 is 0. The minimum Gasteiger partial charge on any atom is -0.493 e. The molecule has 0 aliphatic heterocycles. The minimum atomic E-state index is -0.189. The number of aryl methyl sites for hydroxylation is 1. The maximum Gasteiger partial charge on any atom is 0.273 e. The summed E-state index contributed by atoms with van der Waals surface area (Å²) in [7, 11) is 3.19. The summed E-state index contributed by atoms with van der Waals surface area (Å²) in [5.74, 6) is 1.26. The number of aromatic nitrogens is 5. The summed E-state index contributed by atoms with van der Waals surface area (Å²) in [6.45, 7) is 2.02. The molecule has 27 heavy (non-hydrogen) atoms. The molecule has 0 aliphatic rings. The monoisotopic (exact) mass is 365 g/mol. The van der Waals surface area contributed by atoms with E-state index in [9.17, 15) is 4.79 Å².